The van der Waals surface area contributed by atoms with Crippen LogP contribution in [0, 0.1) is 5.92 Å². The summed E-state index contributed by atoms with van der Waals surface area (Å²) in [5.74, 6) is -0.0749. The van der Waals surface area contributed by atoms with Gasteiger partial charge in [-0.3, -0.25) is 9.48 Å². The lowest BCUT2D eigenvalue weighted by Crippen LogP contribution is -2.29. The van der Waals surface area contributed by atoms with Crippen LogP contribution in [-0.2, 0) is 29.6 Å². The van der Waals surface area contributed by atoms with E-state index in [-0.39, 0.29) is 24.7 Å². The van der Waals surface area contributed by atoms with Crippen molar-refractivity contribution in [2.45, 2.75) is 71.5 Å². The fourth-order valence-electron chi connectivity index (χ4n) is 4.09. The van der Waals surface area contributed by atoms with E-state index in [0.717, 1.165) is 31.4 Å². The van der Waals surface area contributed by atoms with Gasteiger partial charge in [-0.05, 0) is 38.5 Å². The van der Waals surface area contributed by atoms with Gasteiger partial charge in [-0.25, -0.2) is 14.8 Å². The van der Waals surface area contributed by atoms with Gasteiger partial charge in [-0.1, -0.05) is 20.3 Å². The minimum absolute atomic E-state index is 0.0584. The molecule has 10 heteroatoms. The van der Waals surface area contributed by atoms with E-state index in [9.17, 15) is 14.7 Å². The number of hydrogen-bond donors (Lipinski definition) is 1. The Balaban J connectivity index is 1.73. The van der Waals surface area contributed by atoms with Gasteiger partial charge in [0.25, 0.3) is 0 Å². The molecule has 0 radical (unpaired) electrons. The van der Waals surface area contributed by atoms with Crippen LogP contribution in [-0.4, -0.2) is 61.5 Å². The highest BCUT2D eigenvalue weighted by Crippen LogP contribution is 2.30. The van der Waals surface area contributed by atoms with Gasteiger partial charge in [0.05, 0.1) is 41.4 Å². The number of nitrogens with zero attached hydrogens (tertiary/aromatic N) is 5. The predicted octanol–water partition coefficient (Wildman–Crippen LogP) is 3.83. The average molecular weight is 474 g/mol. The number of aliphatic carboxylic acids is 1. The molecular formula is C24H35N5O5. The lowest BCUT2D eigenvalue weighted by molar-refractivity contribution is -0.143. The maximum atomic E-state index is 12.3. The minimum Gasteiger partial charge on any atom is -0.487 e. The maximum absolute atomic E-state index is 12.3. The van der Waals surface area contributed by atoms with Crippen molar-refractivity contribution in [3.63, 3.8) is 0 Å². The first-order valence-corrected chi connectivity index (χ1v) is 12.0. The van der Waals surface area contributed by atoms with E-state index in [1.807, 2.05) is 6.92 Å². The molecule has 3 rings (SSSR count). The van der Waals surface area contributed by atoms with Gasteiger partial charge >= 0.3 is 12.1 Å². The molecule has 2 heterocycles. The van der Waals surface area contributed by atoms with Crippen LogP contribution in [0.1, 0.15) is 63.8 Å². The smallest absolute Gasteiger partial charge is 0.409 e. The second kappa shape index (κ2) is 11.8. The number of aromatic nitrogens is 4. The Kier molecular flexibility index (Phi) is 8.84. The van der Waals surface area contributed by atoms with E-state index in [4.69, 9.17) is 14.5 Å². The van der Waals surface area contributed by atoms with Crippen molar-refractivity contribution in [2.75, 3.05) is 13.6 Å². The largest absolute Gasteiger partial charge is 0.487 e. The third-order valence-corrected chi connectivity index (χ3v) is 6.23. The number of unbranched alkanes of at least 4 members (excludes halogenated alkanes) is 1. The van der Waals surface area contributed by atoms with Gasteiger partial charge in [-0.15, -0.1) is 0 Å². The number of amides is 1. The molecule has 1 amide bonds. The van der Waals surface area contributed by atoms with Crippen LogP contribution in [0.2, 0.25) is 0 Å². The van der Waals surface area contributed by atoms with Crippen LogP contribution in [0.3, 0.4) is 0 Å². The number of rotatable bonds is 10. The highest BCUT2D eigenvalue weighted by atomic mass is 16.6. The number of ether oxygens (including phenoxy) is 2. The monoisotopic (exact) mass is 473 g/mol. The highest BCUT2D eigenvalue weighted by molar-refractivity contribution is 5.70. The molecule has 0 aliphatic heterocycles. The summed E-state index contributed by atoms with van der Waals surface area (Å²) in [4.78, 5) is 34.4. The lowest BCUT2D eigenvalue weighted by atomic mass is 9.87. The first kappa shape index (κ1) is 25.5. The number of carboxylic acid groups (broad SMARTS) is 1. The highest BCUT2D eigenvalue weighted by Gasteiger charge is 2.29. The second-order valence-corrected chi connectivity index (χ2v) is 8.76. The first-order chi connectivity index (χ1) is 16.3. The van der Waals surface area contributed by atoms with Crippen molar-refractivity contribution in [2.24, 2.45) is 13.0 Å². The molecular weight excluding hydrogens is 438 g/mol. The summed E-state index contributed by atoms with van der Waals surface area (Å²) in [5.41, 5.74) is 2.13. The van der Waals surface area contributed by atoms with Crippen LogP contribution < -0.4 is 4.74 Å². The summed E-state index contributed by atoms with van der Waals surface area (Å²) >= 11 is 0. The molecule has 0 saturated heterocycles. The third-order valence-electron chi connectivity index (χ3n) is 6.23. The SMILES string of the molecule is CCCCN(C)C(=O)OCc1c(-c2ncc(O[C@H]3CCC[C@H](C(=O)O)C3)c(CC)n2)cnn1C. The molecule has 34 heavy (non-hydrogen) atoms. The second-order valence-electron chi connectivity index (χ2n) is 8.76. The van der Waals surface area contributed by atoms with Crippen LogP contribution in [0.4, 0.5) is 4.79 Å². The summed E-state index contributed by atoms with van der Waals surface area (Å²) in [7, 11) is 3.51. The summed E-state index contributed by atoms with van der Waals surface area (Å²) in [6, 6.07) is 0. The fourth-order valence-corrected chi connectivity index (χ4v) is 4.09. The molecule has 2 atom stereocenters. The Labute approximate surface area is 200 Å². The van der Waals surface area contributed by atoms with Crippen LogP contribution in [0.5, 0.6) is 5.75 Å². The van der Waals surface area contributed by atoms with Crippen LogP contribution in [0.25, 0.3) is 11.4 Å². The van der Waals surface area contributed by atoms with Gasteiger partial charge in [0.1, 0.15) is 6.61 Å². The predicted molar refractivity (Wildman–Crippen MR) is 125 cm³/mol. The molecule has 1 fully saturated rings. The number of aryl methyl sites for hydroxylation is 2. The first-order valence-electron chi connectivity index (χ1n) is 12.0. The normalized spacial score (nSPS) is 17.9. The van der Waals surface area contributed by atoms with Crippen LogP contribution >= 0.6 is 0 Å². The fraction of sp³-hybridized carbons (Fsp3) is 0.625. The minimum atomic E-state index is -0.767. The van der Waals surface area contributed by atoms with Gasteiger partial charge in [0, 0.05) is 20.6 Å². The van der Waals surface area contributed by atoms with Crippen molar-refractivity contribution in [3.8, 4) is 17.1 Å². The Hall–Kier alpha value is -3.17. The lowest BCUT2D eigenvalue weighted by Gasteiger charge is -2.27. The maximum Gasteiger partial charge on any atom is 0.409 e. The van der Waals surface area contributed by atoms with E-state index in [1.165, 1.54) is 0 Å². The van der Waals surface area contributed by atoms with Crippen molar-refractivity contribution in [3.05, 3.63) is 23.8 Å². The number of carbonyl (C=O) groups excluding carboxylic acids is 1. The third kappa shape index (κ3) is 6.24. The Morgan fingerprint density at radius 3 is 2.76 bits per heavy atom. The van der Waals surface area contributed by atoms with E-state index >= 15 is 0 Å². The van der Waals surface area contributed by atoms with Crippen molar-refractivity contribution in [1.29, 1.82) is 0 Å². The number of carbonyl (C=O) groups is 2. The zero-order chi connectivity index (χ0) is 24.7. The molecule has 2 aromatic heterocycles. The molecule has 1 N–H and O–H groups in total. The molecule has 1 aliphatic rings. The van der Waals surface area contributed by atoms with E-state index in [0.29, 0.717) is 48.6 Å². The van der Waals surface area contributed by atoms with Gasteiger partial charge in [0.2, 0.25) is 0 Å². The molecule has 10 nitrogen and oxygen atoms in total. The van der Waals surface area contributed by atoms with E-state index in [1.54, 1.807) is 36.1 Å². The average Bonchev–Trinajstić information content (AvgIpc) is 3.21. The summed E-state index contributed by atoms with van der Waals surface area (Å²) in [5, 5.41) is 13.6. The molecule has 1 aliphatic carbocycles. The van der Waals surface area contributed by atoms with Gasteiger partial charge in [0.15, 0.2) is 11.6 Å². The molecule has 186 valence electrons. The Morgan fingerprint density at radius 1 is 1.26 bits per heavy atom. The summed E-state index contributed by atoms with van der Waals surface area (Å²) in [6.07, 6.45) is 8.15. The van der Waals surface area contributed by atoms with Crippen molar-refractivity contribution in [1.82, 2.24) is 24.6 Å². The molecule has 2 aromatic rings. The number of hydrogen-bond acceptors (Lipinski definition) is 7. The Morgan fingerprint density at radius 2 is 2.06 bits per heavy atom. The molecule has 1 saturated carbocycles. The molecule has 0 unspecified atom stereocenters. The zero-order valence-corrected chi connectivity index (χ0v) is 20.5. The van der Waals surface area contributed by atoms with E-state index < -0.39 is 5.97 Å². The standard InChI is InChI=1S/C24H35N5O5/c1-5-7-11-28(3)24(32)33-15-20-18(13-26-29(20)4)22-25-14-21(19(6-2)27-22)34-17-10-8-9-16(12-17)23(30)31/h13-14,16-17H,5-12,15H2,1-4H3,(H,30,31)/t16-,17-/m0/s1. The molecule has 0 spiro atoms. The number of carboxylic acids is 1. The van der Waals surface area contributed by atoms with Gasteiger partial charge < -0.3 is 19.5 Å². The van der Waals surface area contributed by atoms with Crippen molar-refractivity contribution < 1.29 is 24.2 Å². The summed E-state index contributed by atoms with van der Waals surface area (Å²) < 4.78 is 13.3. The van der Waals surface area contributed by atoms with Crippen LogP contribution in [0.15, 0.2) is 12.4 Å². The molecule has 0 bridgehead atoms. The quantitative estimate of drug-likeness (QED) is 0.553. The van der Waals surface area contributed by atoms with Crippen molar-refractivity contribution >= 4 is 12.1 Å². The Bertz CT molecular complexity index is 992. The van der Waals surface area contributed by atoms with Gasteiger partial charge in [-0.2, -0.15) is 5.10 Å². The van der Waals surface area contributed by atoms with E-state index in [2.05, 4.69) is 17.0 Å². The molecule has 0 aromatic carbocycles. The zero-order valence-electron chi connectivity index (χ0n) is 20.5. The topological polar surface area (TPSA) is 120 Å². The summed E-state index contributed by atoms with van der Waals surface area (Å²) in [6.45, 7) is 4.76.